The van der Waals surface area contributed by atoms with Gasteiger partial charge in [0.25, 0.3) is 0 Å². The summed E-state index contributed by atoms with van der Waals surface area (Å²) in [5, 5.41) is 2.14. The first-order valence-electron chi connectivity index (χ1n) is 7.92. The van der Waals surface area contributed by atoms with Crippen molar-refractivity contribution in [3.8, 4) is 0 Å². The quantitative estimate of drug-likeness (QED) is 0.479. The van der Waals surface area contributed by atoms with Gasteiger partial charge in [0.15, 0.2) is 18.4 Å². The van der Waals surface area contributed by atoms with Crippen molar-refractivity contribution in [1.82, 2.24) is 10.2 Å². The van der Waals surface area contributed by atoms with Gasteiger partial charge in [0.05, 0.1) is 0 Å². The number of amides is 3. The van der Waals surface area contributed by atoms with Crippen molar-refractivity contribution < 1.29 is 42.9 Å². The second-order valence-electron chi connectivity index (χ2n) is 5.81. The lowest BCUT2D eigenvalue weighted by molar-refractivity contribution is -0.167. The highest BCUT2D eigenvalue weighted by molar-refractivity contribution is 5.96. The normalized spacial score (nSPS) is 28.3. The molecule has 0 aromatic heterocycles. The Kier molecular flexibility index (Phi) is 6.14. The van der Waals surface area contributed by atoms with Gasteiger partial charge in [-0.25, -0.2) is 4.79 Å². The molecule has 0 radical (unpaired) electrons. The van der Waals surface area contributed by atoms with E-state index in [1.807, 2.05) is 0 Å². The number of carbonyl (C=O) groups is 5. The van der Waals surface area contributed by atoms with Gasteiger partial charge in [-0.2, -0.15) is 0 Å². The molecule has 0 aromatic carbocycles. The number of nitrogens with one attached hydrogen (secondary N) is 1. The van der Waals surface area contributed by atoms with E-state index in [2.05, 4.69) is 5.32 Å². The number of imide groups is 1. The predicted molar refractivity (Wildman–Crippen MR) is 81.3 cm³/mol. The van der Waals surface area contributed by atoms with Gasteiger partial charge < -0.3 is 18.9 Å². The molecule has 2 rings (SSSR count). The number of esters is 3. The van der Waals surface area contributed by atoms with Crippen molar-refractivity contribution >= 4 is 29.8 Å². The van der Waals surface area contributed by atoms with Crippen LogP contribution in [0.3, 0.4) is 0 Å². The summed E-state index contributed by atoms with van der Waals surface area (Å²) in [6.45, 7) is 3.27. The summed E-state index contributed by atoms with van der Waals surface area (Å²) in [5.74, 6) is -2.37. The molecule has 2 heterocycles. The van der Waals surface area contributed by atoms with Crippen LogP contribution >= 0.6 is 0 Å². The van der Waals surface area contributed by atoms with Crippen molar-refractivity contribution in [2.24, 2.45) is 0 Å². The number of hydrogen-bond donors (Lipinski definition) is 1. The number of nitrogens with zero attached hydrogens (tertiary/aromatic N) is 1. The standard InChI is InChI=1S/C15H20N2O9/c1-7(18)23-6-10-12(24-8(2)19)13(25-9(3)20)14(26-10)17-5-4-11(21)16-15(17)22/h10,12-14H,4-6H2,1-3H3,(H,16,21,22)/t10?,12-,13-,14-/m1/s1. The molecule has 2 aliphatic rings. The van der Waals surface area contributed by atoms with Crippen LogP contribution in [0.4, 0.5) is 4.79 Å². The first-order chi connectivity index (χ1) is 12.2. The van der Waals surface area contributed by atoms with Crippen LogP contribution in [0.15, 0.2) is 0 Å². The zero-order valence-electron chi connectivity index (χ0n) is 14.6. The van der Waals surface area contributed by atoms with E-state index in [-0.39, 0.29) is 19.6 Å². The lowest BCUT2D eigenvalue weighted by Crippen LogP contribution is -2.57. The first kappa shape index (κ1) is 19.6. The Morgan fingerprint density at radius 3 is 2.23 bits per heavy atom. The zero-order chi connectivity index (χ0) is 19.4. The highest BCUT2D eigenvalue weighted by atomic mass is 16.7. The van der Waals surface area contributed by atoms with Crippen molar-refractivity contribution in [1.29, 1.82) is 0 Å². The summed E-state index contributed by atoms with van der Waals surface area (Å²) in [5.41, 5.74) is 0. The number of carbonyl (C=O) groups excluding carboxylic acids is 5. The van der Waals surface area contributed by atoms with Gasteiger partial charge in [-0.3, -0.25) is 29.4 Å². The molecule has 0 aliphatic carbocycles. The third-order valence-corrected chi connectivity index (χ3v) is 3.73. The topological polar surface area (TPSA) is 138 Å². The molecule has 144 valence electrons. The fraction of sp³-hybridized carbons (Fsp3) is 0.667. The van der Waals surface area contributed by atoms with E-state index in [0.717, 1.165) is 13.8 Å². The Bertz CT molecular complexity index is 620. The Morgan fingerprint density at radius 1 is 1.08 bits per heavy atom. The van der Waals surface area contributed by atoms with Crippen LogP contribution in [0, 0.1) is 0 Å². The van der Waals surface area contributed by atoms with Crippen LogP contribution in [-0.2, 0) is 38.1 Å². The van der Waals surface area contributed by atoms with Gasteiger partial charge in [-0.1, -0.05) is 0 Å². The molecule has 2 saturated heterocycles. The van der Waals surface area contributed by atoms with Crippen molar-refractivity contribution in [2.45, 2.75) is 51.7 Å². The van der Waals surface area contributed by atoms with Gasteiger partial charge in [-0.05, 0) is 0 Å². The van der Waals surface area contributed by atoms with E-state index in [1.165, 1.54) is 11.8 Å². The van der Waals surface area contributed by atoms with Crippen molar-refractivity contribution in [3.05, 3.63) is 0 Å². The highest BCUT2D eigenvalue weighted by Crippen LogP contribution is 2.30. The summed E-state index contributed by atoms with van der Waals surface area (Å²) in [4.78, 5) is 58.6. The minimum Gasteiger partial charge on any atom is -0.463 e. The summed E-state index contributed by atoms with van der Waals surface area (Å²) in [7, 11) is 0. The molecule has 4 atom stereocenters. The summed E-state index contributed by atoms with van der Waals surface area (Å²) >= 11 is 0. The molecule has 1 unspecified atom stereocenters. The second kappa shape index (κ2) is 8.13. The maximum Gasteiger partial charge on any atom is 0.326 e. The largest absolute Gasteiger partial charge is 0.463 e. The van der Waals surface area contributed by atoms with Crippen LogP contribution in [-0.4, -0.2) is 72.4 Å². The summed E-state index contributed by atoms with van der Waals surface area (Å²) in [6, 6.07) is -0.724. The van der Waals surface area contributed by atoms with Gasteiger partial charge in [-0.15, -0.1) is 0 Å². The monoisotopic (exact) mass is 372 g/mol. The van der Waals surface area contributed by atoms with Crippen LogP contribution in [0.2, 0.25) is 0 Å². The summed E-state index contributed by atoms with van der Waals surface area (Å²) in [6.07, 6.45) is -4.27. The maximum atomic E-state index is 12.1. The number of urea groups is 1. The third-order valence-electron chi connectivity index (χ3n) is 3.73. The maximum absolute atomic E-state index is 12.1. The van der Waals surface area contributed by atoms with E-state index in [0.29, 0.717) is 0 Å². The molecule has 1 N–H and O–H groups in total. The van der Waals surface area contributed by atoms with E-state index in [9.17, 15) is 24.0 Å². The molecule has 3 amide bonds. The fourth-order valence-corrected chi connectivity index (χ4v) is 2.76. The van der Waals surface area contributed by atoms with E-state index < -0.39 is 54.4 Å². The second-order valence-corrected chi connectivity index (χ2v) is 5.81. The summed E-state index contributed by atoms with van der Waals surface area (Å²) < 4.78 is 21.0. The molecule has 11 nitrogen and oxygen atoms in total. The lowest BCUT2D eigenvalue weighted by Gasteiger charge is -2.34. The molecule has 0 bridgehead atoms. The predicted octanol–water partition coefficient (Wildman–Crippen LogP) is -0.920. The average molecular weight is 372 g/mol. The Labute approximate surface area is 148 Å². The molecule has 26 heavy (non-hydrogen) atoms. The Hall–Kier alpha value is -2.69. The highest BCUT2D eigenvalue weighted by Gasteiger charge is 2.53. The first-order valence-corrected chi connectivity index (χ1v) is 7.92. The number of rotatable bonds is 5. The van der Waals surface area contributed by atoms with E-state index >= 15 is 0 Å². The van der Waals surface area contributed by atoms with Gasteiger partial charge in [0.2, 0.25) is 5.91 Å². The van der Waals surface area contributed by atoms with Gasteiger partial charge >= 0.3 is 23.9 Å². The smallest absolute Gasteiger partial charge is 0.326 e. The lowest BCUT2D eigenvalue weighted by atomic mass is 10.1. The molecule has 0 aromatic rings. The van der Waals surface area contributed by atoms with Crippen LogP contribution in [0.5, 0.6) is 0 Å². The third kappa shape index (κ3) is 4.69. The average Bonchev–Trinajstić information content (AvgIpc) is 2.82. The van der Waals surface area contributed by atoms with Crippen molar-refractivity contribution in [3.63, 3.8) is 0 Å². The molecule has 0 saturated carbocycles. The van der Waals surface area contributed by atoms with Crippen molar-refractivity contribution in [2.75, 3.05) is 13.2 Å². The van der Waals surface area contributed by atoms with Gasteiger partial charge in [0, 0.05) is 33.7 Å². The Morgan fingerprint density at radius 2 is 1.69 bits per heavy atom. The molecular formula is C15H20N2O9. The van der Waals surface area contributed by atoms with Crippen LogP contribution in [0.1, 0.15) is 27.2 Å². The van der Waals surface area contributed by atoms with Gasteiger partial charge in [0.1, 0.15) is 12.7 Å². The molecule has 0 spiro atoms. The molecule has 2 aliphatic heterocycles. The fourth-order valence-electron chi connectivity index (χ4n) is 2.76. The minimum absolute atomic E-state index is 0.0280. The molecule has 2 fully saturated rings. The number of hydrogen-bond acceptors (Lipinski definition) is 9. The van der Waals surface area contributed by atoms with E-state index in [1.54, 1.807) is 0 Å². The SMILES string of the molecule is CC(=O)OCC1O[C@@H](N2CCC(=O)NC2=O)[C@H](OC(C)=O)[C@@H]1OC(C)=O. The zero-order valence-corrected chi connectivity index (χ0v) is 14.6. The minimum atomic E-state index is -1.14. The van der Waals surface area contributed by atoms with E-state index in [4.69, 9.17) is 18.9 Å². The number of ether oxygens (including phenoxy) is 4. The Balaban J connectivity index is 2.27. The van der Waals surface area contributed by atoms with Crippen LogP contribution < -0.4 is 5.32 Å². The van der Waals surface area contributed by atoms with Crippen LogP contribution in [0.25, 0.3) is 0 Å². The molecular weight excluding hydrogens is 352 g/mol. The molecule has 11 heteroatoms.